The number of carbonyl (C=O) groups is 1. The first-order valence-electron chi connectivity index (χ1n) is 11.0. The number of carbonyl (C=O) groups excluding carboxylic acids is 1. The topological polar surface area (TPSA) is 95.8 Å². The van der Waals surface area contributed by atoms with Crippen molar-refractivity contribution in [3.63, 3.8) is 0 Å². The molecule has 0 spiro atoms. The van der Waals surface area contributed by atoms with Crippen molar-refractivity contribution in [1.82, 2.24) is 14.4 Å². The number of rotatable bonds is 5. The van der Waals surface area contributed by atoms with Crippen LogP contribution >= 0.6 is 0 Å². The number of anilines is 1. The van der Waals surface area contributed by atoms with Crippen LogP contribution in [0.1, 0.15) is 10.4 Å². The second kappa shape index (κ2) is 9.02. The van der Waals surface area contributed by atoms with Crippen molar-refractivity contribution >= 4 is 32.5 Å². The molecule has 4 aromatic rings. The molecule has 5 rings (SSSR count). The molecule has 1 aromatic heterocycles. The first-order valence-corrected chi connectivity index (χ1v) is 12.4. The maximum Gasteiger partial charge on any atom is 0.255 e. The number of aromatic nitrogens is 1. The van der Waals surface area contributed by atoms with E-state index in [-0.39, 0.29) is 10.8 Å². The standard InChI is InChI=1S/C25H24N4O4S/c1-28-12-14-29(15-13-28)34(31,32)21-9-5-8-20(17-21)26-25(30)19-10-11-23-22(16-19)24(33-27-23)18-6-3-2-4-7-18/h2-11,16-17H,12-15H2,1H3,(H,26,30). The molecule has 0 radical (unpaired) electrons. The molecule has 9 heteroatoms. The third-order valence-corrected chi connectivity index (χ3v) is 7.86. The number of piperazine rings is 1. The molecule has 0 bridgehead atoms. The van der Waals surface area contributed by atoms with Crippen LogP contribution in [0.2, 0.25) is 0 Å². The smallest absolute Gasteiger partial charge is 0.255 e. The molecule has 2 heterocycles. The van der Waals surface area contributed by atoms with Crippen molar-refractivity contribution in [3.8, 4) is 11.3 Å². The fourth-order valence-corrected chi connectivity index (χ4v) is 5.46. The van der Waals surface area contributed by atoms with Crippen LogP contribution in [0.25, 0.3) is 22.2 Å². The number of nitrogens with zero attached hydrogens (tertiary/aromatic N) is 3. The van der Waals surface area contributed by atoms with Crippen LogP contribution in [-0.2, 0) is 10.0 Å². The van der Waals surface area contributed by atoms with Gasteiger partial charge in [0.25, 0.3) is 5.91 Å². The number of amides is 1. The van der Waals surface area contributed by atoms with Gasteiger partial charge in [0.15, 0.2) is 5.76 Å². The molecule has 0 aliphatic carbocycles. The number of benzene rings is 3. The van der Waals surface area contributed by atoms with Crippen LogP contribution in [-0.4, -0.2) is 61.9 Å². The Kier molecular flexibility index (Phi) is 5.91. The minimum Gasteiger partial charge on any atom is -0.355 e. The Morgan fingerprint density at radius 2 is 1.71 bits per heavy atom. The zero-order valence-electron chi connectivity index (χ0n) is 18.6. The molecule has 0 atom stereocenters. The molecule has 0 saturated carbocycles. The number of likely N-dealkylation sites (N-methyl/N-ethyl adjacent to an activating group) is 1. The highest BCUT2D eigenvalue weighted by Gasteiger charge is 2.27. The molecule has 3 aromatic carbocycles. The molecule has 174 valence electrons. The normalized spacial score (nSPS) is 15.4. The van der Waals surface area contributed by atoms with E-state index in [0.29, 0.717) is 48.7 Å². The summed E-state index contributed by atoms with van der Waals surface area (Å²) in [6.45, 7) is 2.26. The predicted octanol–water partition coefficient (Wildman–Crippen LogP) is 3.68. The molecule has 1 aliphatic rings. The summed E-state index contributed by atoms with van der Waals surface area (Å²) in [5.41, 5.74) is 2.34. The van der Waals surface area contributed by atoms with Gasteiger partial charge in [-0.25, -0.2) is 8.42 Å². The Balaban J connectivity index is 1.39. The first kappa shape index (κ1) is 22.3. The Labute approximate surface area is 197 Å². The quantitative estimate of drug-likeness (QED) is 0.472. The van der Waals surface area contributed by atoms with Crippen molar-refractivity contribution in [2.75, 3.05) is 38.5 Å². The minimum atomic E-state index is -3.63. The summed E-state index contributed by atoms with van der Waals surface area (Å²) in [6.07, 6.45) is 0. The molecular weight excluding hydrogens is 452 g/mol. The highest BCUT2D eigenvalue weighted by molar-refractivity contribution is 7.89. The van der Waals surface area contributed by atoms with Gasteiger partial charge in [-0.2, -0.15) is 4.31 Å². The van der Waals surface area contributed by atoms with Crippen LogP contribution in [0, 0.1) is 0 Å². The van der Waals surface area contributed by atoms with Gasteiger partial charge >= 0.3 is 0 Å². The number of hydrogen-bond donors (Lipinski definition) is 1. The van der Waals surface area contributed by atoms with E-state index in [1.165, 1.54) is 10.4 Å². The third kappa shape index (κ3) is 4.33. The maximum atomic E-state index is 13.1. The number of fused-ring (bicyclic) bond motifs is 1. The summed E-state index contributed by atoms with van der Waals surface area (Å²) in [5, 5.41) is 7.63. The molecule has 8 nitrogen and oxygen atoms in total. The van der Waals surface area contributed by atoms with E-state index in [4.69, 9.17) is 4.52 Å². The first-order chi connectivity index (χ1) is 16.4. The maximum absolute atomic E-state index is 13.1. The van der Waals surface area contributed by atoms with E-state index in [1.807, 2.05) is 37.4 Å². The molecule has 1 amide bonds. The van der Waals surface area contributed by atoms with Gasteiger partial charge in [-0.05, 0) is 43.4 Å². The Hall–Kier alpha value is -3.53. The molecular formula is C25H24N4O4S. The Morgan fingerprint density at radius 1 is 0.941 bits per heavy atom. The molecule has 1 aliphatic heterocycles. The average molecular weight is 477 g/mol. The summed E-state index contributed by atoms with van der Waals surface area (Å²) in [4.78, 5) is 15.3. The molecule has 1 fully saturated rings. The predicted molar refractivity (Wildman–Crippen MR) is 130 cm³/mol. The fraction of sp³-hybridized carbons (Fsp3) is 0.200. The SMILES string of the molecule is CN1CCN(S(=O)(=O)c2cccc(NC(=O)c3ccc4noc(-c5ccccc5)c4c3)c2)CC1. The largest absolute Gasteiger partial charge is 0.355 e. The van der Waals surface area contributed by atoms with Crippen molar-refractivity contribution in [2.24, 2.45) is 0 Å². The fourth-order valence-electron chi connectivity index (χ4n) is 4.00. The Morgan fingerprint density at radius 3 is 2.47 bits per heavy atom. The summed E-state index contributed by atoms with van der Waals surface area (Å²) < 4.78 is 33.1. The van der Waals surface area contributed by atoms with Gasteiger partial charge in [-0.3, -0.25) is 4.79 Å². The molecule has 0 unspecified atom stereocenters. The van der Waals surface area contributed by atoms with Crippen molar-refractivity contribution < 1.29 is 17.7 Å². The minimum absolute atomic E-state index is 0.163. The van der Waals surface area contributed by atoms with Crippen molar-refractivity contribution in [2.45, 2.75) is 4.90 Å². The van der Waals surface area contributed by atoms with Gasteiger partial charge in [0.05, 0.1) is 10.3 Å². The third-order valence-electron chi connectivity index (χ3n) is 5.97. The second-order valence-electron chi connectivity index (χ2n) is 8.30. The lowest BCUT2D eigenvalue weighted by Crippen LogP contribution is -2.47. The summed E-state index contributed by atoms with van der Waals surface area (Å²) in [5.74, 6) is 0.238. The van der Waals surface area contributed by atoms with Crippen LogP contribution in [0.3, 0.4) is 0 Å². The lowest BCUT2D eigenvalue weighted by Gasteiger charge is -2.31. The lowest BCUT2D eigenvalue weighted by atomic mass is 10.1. The molecule has 1 N–H and O–H groups in total. The van der Waals surface area contributed by atoms with Gasteiger partial charge in [0.1, 0.15) is 5.52 Å². The zero-order valence-corrected chi connectivity index (χ0v) is 19.5. The highest BCUT2D eigenvalue weighted by atomic mass is 32.2. The van der Waals surface area contributed by atoms with Gasteiger partial charge in [0.2, 0.25) is 10.0 Å². The monoisotopic (exact) mass is 476 g/mol. The number of hydrogen-bond acceptors (Lipinski definition) is 6. The van der Waals surface area contributed by atoms with Gasteiger partial charge in [-0.15, -0.1) is 0 Å². The number of nitrogens with one attached hydrogen (secondary N) is 1. The van der Waals surface area contributed by atoms with E-state index < -0.39 is 10.0 Å². The second-order valence-corrected chi connectivity index (χ2v) is 10.2. The van der Waals surface area contributed by atoms with Gasteiger partial charge in [0, 0.05) is 43.0 Å². The number of sulfonamides is 1. The zero-order chi connectivity index (χ0) is 23.7. The lowest BCUT2D eigenvalue weighted by molar-refractivity contribution is 0.102. The van der Waals surface area contributed by atoms with E-state index in [9.17, 15) is 13.2 Å². The van der Waals surface area contributed by atoms with Crippen molar-refractivity contribution in [3.05, 3.63) is 78.4 Å². The van der Waals surface area contributed by atoms with Crippen LogP contribution in [0.5, 0.6) is 0 Å². The van der Waals surface area contributed by atoms with Gasteiger partial charge < -0.3 is 14.7 Å². The molecule has 34 heavy (non-hydrogen) atoms. The summed E-state index contributed by atoms with van der Waals surface area (Å²) in [6, 6.07) is 21.0. The van der Waals surface area contributed by atoms with E-state index in [1.54, 1.807) is 36.4 Å². The van der Waals surface area contributed by atoms with Crippen molar-refractivity contribution in [1.29, 1.82) is 0 Å². The van der Waals surface area contributed by atoms with E-state index >= 15 is 0 Å². The summed E-state index contributed by atoms with van der Waals surface area (Å²) >= 11 is 0. The molecule has 1 saturated heterocycles. The van der Waals surface area contributed by atoms with E-state index in [0.717, 1.165) is 10.9 Å². The van der Waals surface area contributed by atoms with Crippen LogP contribution in [0.4, 0.5) is 5.69 Å². The van der Waals surface area contributed by atoms with Gasteiger partial charge in [-0.1, -0.05) is 41.6 Å². The van der Waals surface area contributed by atoms with Crippen LogP contribution in [0.15, 0.2) is 82.2 Å². The Bertz CT molecular complexity index is 1440. The van der Waals surface area contributed by atoms with E-state index in [2.05, 4.69) is 15.4 Å². The summed E-state index contributed by atoms with van der Waals surface area (Å²) in [7, 11) is -1.66. The average Bonchev–Trinajstić information content (AvgIpc) is 3.28. The van der Waals surface area contributed by atoms with Crippen LogP contribution < -0.4 is 5.32 Å². The highest BCUT2D eigenvalue weighted by Crippen LogP contribution is 2.29.